The minimum Gasteiger partial charge on any atom is -0.467 e. The number of benzene rings is 3. The molecule has 0 unspecified atom stereocenters. The lowest BCUT2D eigenvalue weighted by molar-refractivity contribution is -0.142. The van der Waals surface area contributed by atoms with E-state index in [2.05, 4.69) is 10.3 Å². The number of methoxy groups -OCH3 is 1. The minimum absolute atomic E-state index is 0.331. The second-order valence-electron chi connectivity index (χ2n) is 6.77. The van der Waals surface area contributed by atoms with Gasteiger partial charge in [-0.3, -0.25) is 9.78 Å². The molecule has 0 spiro atoms. The minimum atomic E-state index is -0.808. The van der Waals surface area contributed by atoms with Crippen LogP contribution < -0.4 is 5.32 Å². The van der Waals surface area contributed by atoms with Gasteiger partial charge in [0.05, 0.1) is 18.2 Å². The first-order valence-electron chi connectivity index (χ1n) is 9.36. The van der Waals surface area contributed by atoms with E-state index < -0.39 is 12.0 Å². The second kappa shape index (κ2) is 8.10. The van der Waals surface area contributed by atoms with Crippen molar-refractivity contribution in [2.45, 2.75) is 12.5 Å². The highest BCUT2D eigenvalue weighted by Crippen LogP contribution is 2.21. The fourth-order valence-electron chi connectivity index (χ4n) is 3.55. The molecule has 29 heavy (non-hydrogen) atoms. The van der Waals surface area contributed by atoms with Gasteiger partial charge in [-0.15, -0.1) is 0 Å². The quantitative estimate of drug-likeness (QED) is 0.530. The predicted molar refractivity (Wildman–Crippen MR) is 113 cm³/mol. The zero-order valence-electron chi connectivity index (χ0n) is 16.0. The number of rotatable bonds is 5. The van der Waals surface area contributed by atoms with Crippen LogP contribution in [0.4, 0.5) is 0 Å². The largest absolute Gasteiger partial charge is 0.467 e. The van der Waals surface area contributed by atoms with Crippen molar-refractivity contribution in [3.8, 4) is 0 Å². The summed E-state index contributed by atoms with van der Waals surface area (Å²) in [5, 5.41) is 5.83. The lowest BCUT2D eigenvalue weighted by Crippen LogP contribution is -2.43. The van der Waals surface area contributed by atoms with E-state index in [9.17, 15) is 9.59 Å². The smallest absolute Gasteiger partial charge is 0.328 e. The van der Waals surface area contributed by atoms with Crippen LogP contribution in [0.3, 0.4) is 0 Å². The molecular weight excluding hydrogens is 364 g/mol. The summed E-state index contributed by atoms with van der Waals surface area (Å²) in [7, 11) is 1.32. The molecule has 1 amide bonds. The van der Waals surface area contributed by atoms with Gasteiger partial charge in [0.25, 0.3) is 5.91 Å². The van der Waals surface area contributed by atoms with Gasteiger partial charge in [-0.1, -0.05) is 60.7 Å². The summed E-state index contributed by atoms with van der Waals surface area (Å²) in [5.74, 6) is -0.843. The van der Waals surface area contributed by atoms with Crippen molar-refractivity contribution in [1.29, 1.82) is 0 Å². The molecule has 4 aromatic rings. The van der Waals surface area contributed by atoms with Gasteiger partial charge >= 0.3 is 5.97 Å². The molecule has 0 bridgehead atoms. The van der Waals surface area contributed by atoms with Crippen molar-refractivity contribution < 1.29 is 14.3 Å². The number of carbonyl (C=O) groups is 2. The molecule has 0 radical (unpaired) electrons. The zero-order valence-corrected chi connectivity index (χ0v) is 16.0. The van der Waals surface area contributed by atoms with E-state index in [1.807, 2.05) is 60.7 Å². The molecule has 144 valence electrons. The van der Waals surface area contributed by atoms with Crippen LogP contribution in [-0.4, -0.2) is 30.0 Å². The third kappa shape index (κ3) is 3.80. The number of esters is 1. The fourth-order valence-corrected chi connectivity index (χ4v) is 3.55. The lowest BCUT2D eigenvalue weighted by Gasteiger charge is -2.18. The van der Waals surface area contributed by atoms with E-state index in [0.717, 1.165) is 21.7 Å². The van der Waals surface area contributed by atoms with Crippen LogP contribution in [0.1, 0.15) is 15.9 Å². The van der Waals surface area contributed by atoms with Crippen LogP contribution in [-0.2, 0) is 16.0 Å². The van der Waals surface area contributed by atoms with E-state index in [4.69, 9.17) is 4.74 Å². The van der Waals surface area contributed by atoms with Gasteiger partial charge in [-0.2, -0.15) is 0 Å². The number of amides is 1. The third-order valence-corrected chi connectivity index (χ3v) is 4.97. The van der Waals surface area contributed by atoms with E-state index >= 15 is 0 Å². The highest BCUT2D eigenvalue weighted by Gasteiger charge is 2.24. The summed E-state index contributed by atoms with van der Waals surface area (Å²) < 4.78 is 4.95. The molecule has 1 aromatic heterocycles. The summed E-state index contributed by atoms with van der Waals surface area (Å²) in [4.78, 5) is 29.7. The molecule has 0 saturated carbocycles. The van der Waals surface area contributed by atoms with Crippen molar-refractivity contribution in [3.63, 3.8) is 0 Å². The fraction of sp³-hybridized carbons (Fsp3) is 0.125. The number of para-hydroxylation sites is 1. The molecule has 1 N–H and O–H groups in total. The van der Waals surface area contributed by atoms with E-state index in [0.29, 0.717) is 17.5 Å². The zero-order chi connectivity index (χ0) is 20.2. The van der Waals surface area contributed by atoms with Crippen LogP contribution in [0.25, 0.3) is 21.7 Å². The van der Waals surface area contributed by atoms with Crippen molar-refractivity contribution in [2.75, 3.05) is 7.11 Å². The van der Waals surface area contributed by atoms with Crippen LogP contribution in [0.5, 0.6) is 0 Å². The van der Waals surface area contributed by atoms with Crippen LogP contribution in [0.15, 0.2) is 79.0 Å². The predicted octanol–water partition coefficient (Wildman–Crippen LogP) is 3.90. The third-order valence-electron chi connectivity index (χ3n) is 4.97. The molecular formula is C24H20N2O3. The van der Waals surface area contributed by atoms with Gasteiger partial charge in [-0.05, 0) is 28.5 Å². The van der Waals surface area contributed by atoms with E-state index in [1.54, 1.807) is 18.3 Å². The number of hydrogen-bond donors (Lipinski definition) is 1. The number of nitrogens with one attached hydrogen (secondary N) is 1. The van der Waals surface area contributed by atoms with Crippen LogP contribution >= 0.6 is 0 Å². The molecule has 0 aliphatic carbocycles. The Hall–Kier alpha value is -3.73. The van der Waals surface area contributed by atoms with Gasteiger partial charge in [0.1, 0.15) is 6.04 Å². The van der Waals surface area contributed by atoms with E-state index in [-0.39, 0.29) is 5.91 Å². The van der Waals surface area contributed by atoms with Gasteiger partial charge in [0.15, 0.2) is 0 Å². The highest BCUT2D eigenvalue weighted by molar-refractivity contribution is 6.06. The number of aromatic nitrogens is 1. The van der Waals surface area contributed by atoms with Crippen molar-refractivity contribution in [2.24, 2.45) is 0 Å². The summed E-state index contributed by atoms with van der Waals surface area (Å²) >= 11 is 0. The Bertz CT molecular complexity index is 1190. The van der Waals surface area contributed by atoms with Crippen molar-refractivity contribution in [1.82, 2.24) is 10.3 Å². The Labute approximate surface area is 168 Å². The Morgan fingerprint density at radius 3 is 2.52 bits per heavy atom. The summed E-state index contributed by atoms with van der Waals surface area (Å²) in [5.41, 5.74) is 1.99. The number of ether oxygens (including phenoxy) is 1. The maximum atomic E-state index is 13.0. The van der Waals surface area contributed by atoms with Gasteiger partial charge in [-0.25, -0.2) is 4.79 Å². The first-order chi connectivity index (χ1) is 14.2. The Morgan fingerprint density at radius 2 is 1.66 bits per heavy atom. The Balaban J connectivity index is 1.65. The Kier molecular flexibility index (Phi) is 5.20. The van der Waals surface area contributed by atoms with Crippen molar-refractivity contribution in [3.05, 3.63) is 90.1 Å². The highest BCUT2D eigenvalue weighted by atomic mass is 16.5. The number of hydrogen-bond acceptors (Lipinski definition) is 4. The van der Waals surface area contributed by atoms with Gasteiger partial charge in [0, 0.05) is 18.0 Å². The van der Waals surface area contributed by atoms with Crippen LogP contribution in [0, 0.1) is 0 Å². The summed E-state index contributed by atoms with van der Waals surface area (Å²) in [6.45, 7) is 0. The average molecular weight is 384 g/mol. The monoisotopic (exact) mass is 384 g/mol. The number of pyridine rings is 1. The molecule has 0 fully saturated rings. The maximum Gasteiger partial charge on any atom is 0.328 e. The number of carbonyl (C=O) groups excluding carboxylic acids is 2. The normalized spacial score (nSPS) is 11.9. The molecule has 1 heterocycles. The molecule has 0 saturated heterocycles. The molecule has 0 aliphatic rings. The molecule has 5 nitrogen and oxygen atoms in total. The Morgan fingerprint density at radius 1 is 0.931 bits per heavy atom. The average Bonchev–Trinajstić information content (AvgIpc) is 2.77. The standard InChI is InChI=1S/C24H20N2O3/c1-29-24(28)21(15-18-10-4-8-16-7-2-3-12-19(16)18)26-23(27)20-13-5-9-17-11-6-14-25-22(17)20/h2-14,21H,15H2,1H3,(H,26,27)/t21-/m1/s1. The molecule has 3 aromatic carbocycles. The lowest BCUT2D eigenvalue weighted by atomic mass is 9.98. The maximum absolute atomic E-state index is 13.0. The number of fused-ring (bicyclic) bond motifs is 2. The molecule has 1 atom stereocenters. The van der Waals surface area contributed by atoms with E-state index in [1.165, 1.54) is 7.11 Å². The number of nitrogens with zero attached hydrogens (tertiary/aromatic N) is 1. The first kappa shape index (κ1) is 18.6. The van der Waals surface area contributed by atoms with Gasteiger partial charge < -0.3 is 10.1 Å². The van der Waals surface area contributed by atoms with Crippen LogP contribution in [0.2, 0.25) is 0 Å². The van der Waals surface area contributed by atoms with Crippen molar-refractivity contribution >= 4 is 33.6 Å². The topological polar surface area (TPSA) is 68.3 Å². The molecule has 4 rings (SSSR count). The second-order valence-corrected chi connectivity index (χ2v) is 6.77. The summed E-state index contributed by atoms with van der Waals surface area (Å²) in [6, 6.07) is 22.2. The summed E-state index contributed by atoms with van der Waals surface area (Å²) in [6.07, 6.45) is 1.98. The molecule has 5 heteroatoms. The SMILES string of the molecule is COC(=O)[C@@H](Cc1cccc2ccccc12)NC(=O)c1cccc2cccnc12. The first-order valence-corrected chi connectivity index (χ1v) is 9.36. The molecule has 0 aliphatic heterocycles. The van der Waals surface area contributed by atoms with Gasteiger partial charge in [0.2, 0.25) is 0 Å².